The van der Waals surface area contributed by atoms with E-state index in [9.17, 15) is 4.79 Å². The molecule has 1 fully saturated rings. The lowest BCUT2D eigenvalue weighted by molar-refractivity contribution is 0.0657. The molecule has 0 spiro atoms. The van der Waals surface area contributed by atoms with Crippen molar-refractivity contribution in [3.05, 3.63) is 84.1 Å². The van der Waals surface area contributed by atoms with Crippen LogP contribution in [-0.4, -0.2) is 59.4 Å². The van der Waals surface area contributed by atoms with Gasteiger partial charge in [0.25, 0.3) is 5.91 Å². The molecule has 172 valence electrons. The molecule has 3 aromatic rings. The highest BCUT2D eigenvalue weighted by Crippen LogP contribution is 2.15. The molecule has 3 heterocycles. The highest BCUT2D eigenvalue weighted by Gasteiger charge is 2.25. The normalized spacial score (nSPS) is 14.3. The summed E-state index contributed by atoms with van der Waals surface area (Å²) in [6.07, 6.45) is 3.29. The number of ether oxygens (including phenoxy) is 1. The molecule has 1 N–H and O–H groups in total. The molecular formula is C25H29N5O3. The molecule has 0 saturated carbocycles. The summed E-state index contributed by atoms with van der Waals surface area (Å²) in [5.41, 5.74) is 2.00. The van der Waals surface area contributed by atoms with Crippen LogP contribution in [-0.2, 0) is 13.2 Å². The van der Waals surface area contributed by atoms with E-state index in [2.05, 4.69) is 22.1 Å². The molecule has 1 aromatic carbocycles. The maximum atomic E-state index is 12.5. The number of pyridine rings is 1. The predicted molar refractivity (Wildman–Crippen MR) is 126 cm³/mol. The summed E-state index contributed by atoms with van der Waals surface area (Å²) in [7, 11) is 0. The first kappa shape index (κ1) is 22.4. The second kappa shape index (κ2) is 11.2. The Labute approximate surface area is 193 Å². The van der Waals surface area contributed by atoms with Crippen LogP contribution in [0.5, 0.6) is 5.75 Å². The molecule has 1 saturated heterocycles. The van der Waals surface area contributed by atoms with Crippen molar-refractivity contribution in [2.24, 2.45) is 4.99 Å². The Hall–Kier alpha value is -3.81. The van der Waals surface area contributed by atoms with Gasteiger partial charge in [-0.1, -0.05) is 18.2 Å². The van der Waals surface area contributed by atoms with E-state index in [1.807, 2.05) is 47.4 Å². The number of aromatic nitrogens is 1. The summed E-state index contributed by atoms with van der Waals surface area (Å²) < 4.78 is 11.0. The molecule has 4 rings (SSSR count). The molecule has 1 aliphatic heterocycles. The molecule has 0 unspecified atom stereocenters. The minimum absolute atomic E-state index is 0.0630. The first-order valence-corrected chi connectivity index (χ1v) is 11.2. The smallest absolute Gasteiger partial charge is 0.289 e. The van der Waals surface area contributed by atoms with Gasteiger partial charge in [-0.2, -0.15) is 0 Å². The molecule has 1 amide bonds. The molecule has 0 bridgehead atoms. The van der Waals surface area contributed by atoms with Crippen molar-refractivity contribution in [2.45, 2.75) is 20.1 Å². The molecule has 8 nitrogen and oxygen atoms in total. The van der Waals surface area contributed by atoms with Crippen LogP contribution in [0.25, 0.3) is 0 Å². The van der Waals surface area contributed by atoms with Gasteiger partial charge in [-0.3, -0.25) is 9.78 Å². The van der Waals surface area contributed by atoms with Crippen molar-refractivity contribution in [1.29, 1.82) is 0 Å². The van der Waals surface area contributed by atoms with Gasteiger partial charge < -0.3 is 24.3 Å². The number of nitrogens with one attached hydrogen (secondary N) is 1. The van der Waals surface area contributed by atoms with Crippen LogP contribution in [0.4, 0.5) is 0 Å². The second-order valence-electron chi connectivity index (χ2n) is 7.68. The Balaban J connectivity index is 1.30. The summed E-state index contributed by atoms with van der Waals surface area (Å²) >= 11 is 0. The number of piperazine rings is 1. The number of amides is 1. The van der Waals surface area contributed by atoms with Crippen molar-refractivity contribution in [1.82, 2.24) is 20.1 Å². The van der Waals surface area contributed by atoms with Crippen molar-refractivity contribution in [2.75, 3.05) is 32.7 Å². The molecule has 0 radical (unpaired) electrons. The van der Waals surface area contributed by atoms with Gasteiger partial charge in [0.05, 0.1) is 18.5 Å². The van der Waals surface area contributed by atoms with Gasteiger partial charge in [0.1, 0.15) is 12.4 Å². The first-order valence-electron chi connectivity index (χ1n) is 11.2. The maximum Gasteiger partial charge on any atom is 0.289 e. The Kier molecular flexibility index (Phi) is 7.58. The van der Waals surface area contributed by atoms with E-state index in [0.717, 1.165) is 42.6 Å². The number of hydrogen-bond donors (Lipinski definition) is 1. The van der Waals surface area contributed by atoms with Crippen molar-refractivity contribution < 1.29 is 13.9 Å². The van der Waals surface area contributed by atoms with Gasteiger partial charge in [0.15, 0.2) is 11.7 Å². The summed E-state index contributed by atoms with van der Waals surface area (Å²) in [6, 6.07) is 17.2. The first-order chi connectivity index (χ1) is 16.2. The standard InChI is InChI=1S/C25H29N5O3/c1-2-26-25(30-15-13-29(14-16-30)24(31)23-7-5-17-32-23)28-18-20-8-10-22(11-9-20)33-19-21-6-3-4-12-27-21/h3-12,17H,2,13-16,18-19H2,1H3,(H,26,28). The van der Waals surface area contributed by atoms with Crippen LogP contribution in [0.15, 0.2) is 76.5 Å². The Morgan fingerprint density at radius 3 is 2.52 bits per heavy atom. The van der Waals surface area contributed by atoms with E-state index in [1.165, 1.54) is 6.26 Å². The van der Waals surface area contributed by atoms with Crippen LogP contribution in [0.1, 0.15) is 28.7 Å². The zero-order chi connectivity index (χ0) is 22.9. The van der Waals surface area contributed by atoms with Gasteiger partial charge in [-0.05, 0) is 48.9 Å². The minimum Gasteiger partial charge on any atom is -0.487 e. The topological polar surface area (TPSA) is 83.2 Å². The van der Waals surface area contributed by atoms with Gasteiger partial charge in [-0.25, -0.2) is 4.99 Å². The number of hydrogen-bond acceptors (Lipinski definition) is 5. The van der Waals surface area contributed by atoms with Crippen LogP contribution in [0, 0.1) is 0 Å². The molecule has 0 atom stereocenters. The SMILES string of the molecule is CCNC(=NCc1ccc(OCc2ccccn2)cc1)N1CCN(C(=O)c2ccco2)CC1. The van der Waals surface area contributed by atoms with E-state index in [-0.39, 0.29) is 5.91 Å². The van der Waals surface area contributed by atoms with Gasteiger partial charge in [0.2, 0.25) is 0 Å². The number of benzene rings is 1. The number of guanidine groups is 1. The zero-order valence-electron chi connectivity index (χ0n) is 18.8. The van der Waals surface area contributed by atoms with Crippen LogP contribution in [0.3, 0.4) is 0 Å². The van der Waals surface area contributed by atoms with Crippen molar-refractivity contribution in [3.63, 3.8) is 0 Å². The quantitative estimate of drug-likeness (QED) is 0.443. The van der Waals surface area contributed by atoms with E-state index >= 15 is 0 Å². The second-order valence-corrected chi connectivity index (χ2v) is 7.68. The predicted octanol–water partition coefficient (Wildman–Crippen LogP) is 3.18. The summed E-state index contributed by atoms with van der Waals surface area (Å²) in [4.78, 5) is 25.6. The fourth-order valence-electron chi connectivity index (χ4n) is 3.60. The van der Waals surface area contributed by atoms with Crippen molar-refractivity contribution >= 4 is 11.9 Å². The lowest BCUT2D eigenvalue weighted by Crippen LogP contribution is -2.53. The fraction of sp³-hybridized carbons (Fsp3) is 0.320. The van der Waals surface area contributed by atoms with E-state index in [4.69, 9.17) is 14.1 Å². The summed E-state index contributed by atoms with van der Waals surface area (Å²) in [6.45, 7) is 6.55. The number of aliphatic imine (C=N–C) groups is 1. The fourth-order valence-corrected chi connectivity index (χ4v) is 3.60. The maximum absolute atomic E-state index is 12.5. The molecule has 2 aromatic heterocycles. The van der Waals surface area contributed by atoms with Gasteiger partial charge >= 0.3 is 0 Å². The average molecular weight is 448 g/mol. The third kappa shape index (κ3) is 6.12. The van der Waals surface area contributed by atoms with Crippen LogP contribution < -0.4 is 10.1 Å². The van der Waals surface area contributed by atoms with E-state index in [0.29, 0.717) is 32.0 Å². The Morgan fingerprint density at radius 1 is 1.06 bits per heavy atom. The van der Waals surface area contributed by atoms with Gasteiger partial charge in [0, 0.05) is 38.9 Å². The zero-order valence-corrected chi connectivity index (χ0v) is 18.8. The lowest BCUT2D eigenvalue weighted by Gasteiger charge is -2.36. The Bertz CT molecular complexity index is 1030. The third-order valence-electron chi connectivity index (χ3n) is 5.38. The number of rotatable bonds is 7. The highest BCUT2D eigenvalue weighted by atomic mass is 16.5. The summed E-state index contributed by atoms with van der Waals surface area (Å²) in [5.74, 6) is 1.99. The summed E-state index contributed by atoms with van der Waals surface area (Å²) in [5, 5.41) is 3.37. The van der Waals surface area contributed by atoms with Crippen LogP contribution in [0.2, 0.25) is 0 Å². The third-order valence-corrected chi connectivity index (χ3v) is 5.38. The largest absolute Gasteiger partial charge is 0.487 e. The monoisotopic (exact) mass is 447 g/mol. The number of furan rings is 1. The number of carbonyl (C=O) groups is 1. The Morgan fingerprint density at radius 2 is 1.85 bits per heavy atom. The molecule has 0 aliphatic carbocycles. The lowest BCUT2D eigenvalue weighted by atomic mass is 10.2. The molecular weight excluding hydrogens is 418 g/mol. The van der Waals surface area contributed by atoms with Crippen LogP contribution >= 0.6 is 0 Å². The number of carbonyl (C=O) groups excluding carboxylic acids is 1. The molecule has 1 aliphatic rings. The molecule has 8 heteroatoms. The van der Waals surface area contributed by atoms with Gasteiger partial charge in [-0.15, -0.1) is 0 Å². The van der Waals surface area contributed by atoms with Crippen molar-refractivity contribution in [3.8, 4) is 5.75 Å². The minimum atomic E-state index is -0.0630. The van der Waals surface area contributed by atoms with E-state index < -0.39 is 0 Å². The average Bonchev–Trinajstić information content (AvgIpc) is 3.41. The molecule has 33 heavy (non-hydrogen) atoms. The van der Waals surface area contributed by atoms with E-state index in [1.54, 1.807) is 18.3 Å². The number of nitrogens with zero attached hydrogens (tertiary/aromatic N) is 4. The highest BCUT2D eigenvalue weighted by molar-refractivity contribution is 5.91.